The molecular weight excluding hydrogens is 373 g/mol. The van der Waals surface area contributed by atoms with Gasteiger partial charge in [0.25, 0.3) is 0 Å². The van der Waals surface area contributed by atoms with E-state index in [2.05, 4.69) is 16.4 Å². The summed E-state index contributed by atoms with van der Waals surface area (Å²) in [6.45, 7) is 1.76. The number of aromatic nitrogens is 1. The summed E-state index contributed by atoms with van der Waals surface area (Å²) in [6, 6.07) is 4.44. The molecule has 23 heavy (non-hydrogen) atoms. The third kappa shape index (κ3) is 4.90. The predicted octanol–water partition coefficient (Wildman–Crippen LogP) is 3.47. The highest BCUT2D eigenvalue weighted by Crippen LogP contribution is 2.28. The topological polar surface area (TPSA) is 45.2 Å². The SMILES string of the molecule is CNCC1CCCN1C(=O)Cc1csc(-c2cccs2)n1.Cl.Cl. The Bertz CT molecular complexity index is 604. The van der Waals surface area contributed by atoms with E-state index in [1.54, 1.807) is 22.7 Å². The van der Waals surface area contributed by atoms with Gasteiger partial charge < -0.3 is 10.2 Å². The maximum atomic E-state index is 12.5. The number of hydrogen-bond donors (Lipinski definition) is 1. The van der Waals surface area contributed by atoms with E-state index in [-0.39, 0.29) is 30.7 Å². The predicted molar refractivity (Wildman–Crippen MR) is 102 cm³/mol. The number of amides is 1. The zero-order valence-electron chi connectivity index (χ0n) is 12.9. The van der Waals surface area contributed by atoms with Gasteiger partial charge in [-0.2, -0.15) is 0 Å². The van der Waals surface area contributed by atoms with Gasteiger partial charge in [-0.25, -0.2) is 4.98 Å². The molecule has 1 atom stereocenters. The molecule has 0 bridgehead atoms. The lowest BCUT2D eigenvalue weighted by Crippen LogP contribution is -2.41. The smallest absolute Gasteiger partial charge is 0.228 e. The maximum Gasteiger partial charge on any atom is 0.228 e. The molecule has 3 heterocycles. The van der Waals surface area contributed by atoms with Crippen LogP contribution in [0.15, 0.2) is 22.9 Å². The fourth-order valence-electron chi connectivity index (χ4n) is 2.77. The number of halogens is 2. The molecule has 1 aliphatic rings. The highest BCUT2D eigenvalue weighted by molar-refractivity contribution is 7.20. The van der Waals surface area contributed by atoms with Gasteiger partial charge in [0.05, 0.1) is 17.0 Å². The molecule has 128 valence electrons. The summed E-state index contributed by atoms with van der Waals surface area (Å²) in [5.74, 6) is 0.204. The highest BCUT2D eigenvalue weighted by Gasteiger charge is 2.28. The largest absolute Gasteiger partial charge is 0.338 e. The van der Waals surface area contributed by atoms with Crippen molar-refractivity contribution in [1.29, 1.82) is 0 Å². The van der Waals surface area contributed by atoms with Crippen LogP contribution in [0.5, 0.6) is 0 Å². The number of likely N-dealkylation sites (tertiary alicyclic amines) is 1. The van der Waals surface area contributed by atoms with Gasteiger partial charge in [-0.1, -0.05) is 6.07 Å². The second-order valence-electron chi connectivity index (χ2n) is 5.24. The average Bonchev–Trinajstić information content (AvgIpc) is 3.20. The second kappa shape index (κ2) is 9.59. The lowest BCUT2D eigenvalue weighted by atomic mass is 10.2. The number of nitrogens with one attached hydrogen (secondary N) is 1. The van der Waals surface area contributed by atoms with Crippen molar-refractivity contribution in [1.82, 2.24) is 15.2 Å². The molecule has 0 saturated carbocycles. The number of thiophene rings is 1. The molecule has 8 heteroatoms. The quantitative estimate of drug-likeness (QED) is 0.845. The summed E-state index contributed by atoms with van der Waals surface area (Å²) in [6.07, 6.45) is 2.63. The van der Waals surface area contributed by atoms with Gasteiger partial charge in [-0.05, 0) is 31.3 Å². The van der Waals surface area contributed by atoms with Crippen molar-refractivity contribution in [3.05, 3.63) is 28.6 Å². The Morgan fingerprint density at radius 3 is 2.96 bits per heavy atom. The maximum absolute atomic E-state index is 12.5. The minimum atomic E-state index is 0. The van der Waals surface area contributed by atoms with E-state index in [1.165, 1.54) is 4.88 Å². The molecule has 0 spiro atoms. The van der Waals surface area contributed by atoms with E-state index in [0.29, 0.717) is 12.5 Å². The minimum Gasteiger partial charge on any atom is -0.338 e. The van der Waals surface area contributed by atoms with Crippen LogP contribution in [0.25, 0.3) is 9.88 Å². The summed E-state index contributed by atoms with van der Waals surface area (Å²) < 4.78 is 0. The van der Waals surface area contributed by atoms with Gasteiger partial charge in [0, 0.05) is 24.5 Å². The zero-order valence-corrected chi connectivity index (χ0v) is 16.1. The minimum absolute atomic E-state index is 0. The van der Waals surface area contributed by atoms with Gasteiger partial charge in [0.2, 0.25) is 5.91 Å². The van der Waals surface area contributed by atoms with Crippen LogP contribution >= 0.6 is 47.5 Å². The van der Waals surface area contributed by atoms with Gasteiger partial charge in [0.15, 0.2) is 0 Å². The Kier molecular flexibility index (Phi) is 8.50. The molecular formula is C15H21Cl2N3OS2. The molecule has 0 radical (unpaired) electrons. The number of carbonyl (C=O) groups excluding carboxylic acids is 1. The van der Waals surface area contributed by atoms with Gasteiger partial charge in [0.1, 0.15) is 5.01 Å². The number of thiazole rings is 1. The molecule has 4 nitrogen and oxygen atoms in total. The lowest BCUT2D eigenvalue weighted by molar-refractivity contribution is -0.131. The summed E-state index contributed by atoms with van der Waals surface area (Å²) in [7, 11) is 1.94. The van der Waals surface area contributed by atoms with E-state index in [1.807, 2.05) is 28.8 Å². The van der Waals surface area contributed by atoms with Gasteiger partial charge in [-0.3, -0.25) is 4.79 Å². The number of rotatable bonds is 5. The molecule has 3 rings (SSSR count). The summed E-state index contributed by atoms with van der Waals surface area (Å²) in [4.78, 5) is 20.3. The van der Waals surface area contributed by atoms with Crippen LogP contribution in [0, 0.1) is 0 Å². The first-order chi connectivity index (χ1) is 10.3. The van der Waals surface area contributed by atoms with Crippen LogP contribution < -0.4 is 5.32 Å². The van der Waals surface area contributed by atoms with Crippen molar-refractivity contribution in [3.8, 4) is 9.88 Å². The number of nitrogens with zero attached hydrogens (tertiary/aromatic N) is 2. The van der Waals surface area contributed by atoms with Crippen molar-refractivity contribution in [2.75, 3.05) is 20.1 Å². The van der Waals surface area contributed by atoms with Crippen LogP contribution in [-0.4, -0.2) is 42.0 Å². The molecule has 2 aromatic rings. The van der Waals surface area contributed by atoms with E-state index < -0.39 is 0 Å². The second-order valence-corrected chi connectivity index (χ2v) is 7.04. The Balaban J connectivity index is 0.00000132. The van der Waals surface area contributed by atoms with Crippen LogP contribution in [0.4, 0.5) is 0 Å². The molecule has 0 aliphatic carbocycles. The van der Waals surface area contributed by atoms with Gasteiger partial charge >= 0.3 is 0 Å². The molecule has 1 fully saturated rings. The molecule has 0 aromatic carbocycles. The zero-order chi connectivity index (χ0) is 14.7. The first kappa shape index (κ1) is 20.4. The van der Waals surface area contributed by atoms with Crippen molar-refractivity contribution >= 4 is 53.4 Å². The van der Waals surface area contributed by atoms with Crippen molar-refractivity contribution in [2.24, 2.45) is 0 Å². The molecule has 1 aliphatic heterocycles. The highest BCUT2D eigenvalue weighted by atomic mass is 35.5. The normalized spacial score (nSPS) is 16.7. The third-order valence-electron chi connectivity index (χ3n) is 3.75. The number of carbonyl (C=O) groups is 1. The van der Waals surface area contributed by atoms with Crippen LogP contribution in [0.1, 0.15) is 18.5 Å². The van der Waals surface area contributed by atoms with Crippen molar-refractivity contribution in [3.63, 3.8) is 0 Å². The first-order valence-electron chi connectivity index (χ1n) is 7.20. The molecule has 1 saturated heterocycles. The summed E-state index contributed by atoms with van der Waals surface area (Å²) in [5.41, 5.74) is 0.892. The van der Waals surface area contributed by atoms with Gasteiger partial charge in [-0.15, -0.1) is 47.5 Å². The molecule has 1 N–H and O–H groups in total. The molecule has 1 amide bonds. The third-order valence-corrected chi connectivity index (χ3v) is 5.68. The van der Waals surface area contributed by atoms with Crippen molar-refractivity contribution < 1.29 is 4.79 Å². The monoisotopic (exact) mass is 393 g/mol. The summed E-state index contributed by atoms with van der Waals surface area (Å²) in [5, 5.41) is 8.25. The Labute approximate surface area is 157 Å². The van der Waals surface area contributed by atoms with E-state index >= 15 is 0 Å². The number of likely N-dealkylation sites (N-methyl/N-ethyl adjacent to an activating group) is 1. The Morgan fingerprint density at radius 1 is 1.43 bits per heavy atom. The Hall–Kier alpha value is -0.660. The first-order valence-corrected chi connectivity index (χ1v) is 8.96. The Morgan fingerprint density at radius 2 is 2.26 bits per heavy atom. The summed E-state index contributed by atoms with van der Waals surface area (Å²) >= 11 is 3.30. The fraction of sp³-hybridized carbons (Fsp3) is 0.467. The van der Waals surface area contributed by atoms with Crippen molar-refractivity contribution in [2.45, 2.75) is 25.3 Å². The number of hydrogen-bond acceptors (Lipinski definition) is 5. The van der Waals surface area contributed by atoms with E-state index in [0.717, 1.165) is 36.6 Å². The fourth-order valence-corrected chi connectivity index (χ4v) is 4.40. The van der Waals surface area contributed by atoms with Crippen LogP contribution in [0.3, 0.4) is 0 Å². The van der Waals surface area contributed by atoms with Crippen LogP contribution in [-0.2, 0) is 11.2 Å². The standard InChI is InChI=1S/C15H19N3OS2.2ClH/c1-16-9-12-4-2-6-18(12)14(19)8-11-10-21-15(17-11)13-5-3-7-20-13;;/h3,5,7,10,12,16H,2,4,6,8-9H2,1H3;2*1H. The van der Waals surface area contributed by atoms with E-state index in [9.17, 15) is 4.79 Å². The molecule has 2 aromatic heterocycles. The average molecular weight is 394 g/mol. The van der Waals surface area contributed by atoms with E-state index in [4.69, 9.17) is 0 Å². The molecule has 1 unspecified atom stereocenters. The van der Waals surface area contributed by atoms with Crippen LogP contribution in [0.2, 0.25) is 0 Å². The lowest BCUT2D eigenvalue weighted by Gasteiger charge is -2.24.